The molecule has 1 amide bonds. The second kappa shape index (κ2) is 9.88. The number of rotatable bonds is 8. The molecule has 2 N–H and O–H groups in total. The fourth-order valence-corrected chi connectivity index (χ4v) is 4.13. The number of hydrogen-bond acceptors (Lipinski definition) is 3. The van der Waals surface area contributed by atoms with E-state index in [0.717, 1.165) is 28.6 Å². The smallest absolute Gasteiger partial charge is 0.251 e. The number of hydrogen-bond donors (Lipinski definition) is 2. The van der Waals surface area contributed by atoms with Crippen LogP contribution < -0.4 is 10.1 Å². The molecule has 0 aliphatic heterocycles. The summed E-state index contributed by atoms with van der Waals surface area (Å²) in [6.45, 7) is 2.75. The van der Waals surface area contributed by atoms with Crippen LogP contribution in [-0.4, -0.2) is 35.3 Å². The van der Waals surface area contributed by atoms with Gasteiger partial charge in [0.25, 0.3) is 5.91 Å². The Kier molecular flexibility index (Phi) is 6.75. The first-order chi connectivity index (χ1) is 16.0. The molecule has 1 atom stereocenters. The summed E-state index contributed by atoms with van der Waals surface area (Å²) >= 11 is 0. The number of methoxy groups -OCH3 is 1. The van der Waals surface area contributed by atoms with E-state index in [4.69, 9.17) is 4.74 Å². The third kappa shape index (κ3) is 4.76. The molecular weight excluding hydrogens is 419 g/mol. The molecule has 33 heavy (non-hydrogen) atoms. The molecule has 0 aliphatic carbocycles. The van der Waals surface area contributed by atoms with Gasteiger partial charge >= 0.3 is 0 Å². The molecule has 0 bridgehead atoms. The van der Waals surface area contributed by atoms with E-state index in [-0.39, 0.29) is 18.3 Å². The maximum atomic E-state index is 14.1. The van der Waals surface area contributed by atoms with Crippen molar-refractivity contribution >= 4 is 16.8 Å². The highest BCUT2D eigenvalue weighted by Gasteiger charge is 2.17. The number of aliphatic hydroxyl groups is 1. The zero-order valence-electron chi connectivity index (χ0n) is 18.7. The number of carbonyl (C=O) groups excluding carboxylic acids is 1. The highest BCUT2D eigenvalue weighted by molar-refractivity contribution is 5.95. The summed E-state index contributed by atoms with van der Waals surface area (Å²) in [5.74, 6) is -0.580. The molecule has 0 saturated heterocycles. The Morgan fingerprint density at radius 3 is 2.61 bits per heavy atom. The molecule has 4 aromatic rings. The van der Waals surface area contributed by atoms with Gasteiger partial charge in [0.2, 0.25) is 0 Å². The van der Waals surface area contributed by atoms with Gasteiger partial charge in [0.1, 0.15) is 0 Å². The van der Waals surface area contributed by atoms with E-state index >= 15 is 0 Å². The predicted molar refractivity (Wildman–Crippen MR) is 128 cm³/mol. The number of nitrogens with one attached hydrogen (secondary N) is 1. The van der Waals surface area contributed by atoms with Gasteiger partial charge in [0.05, 0.1) is 19.8 Å². The van der Waals surface area contributed by atoms with Crippen molar-refractivity contribution < 1.29 is 19.0 Å². The maximum absolute atomic E-state index is 14.1. The van der Waals surface area contributed by atoms with Crippen LogP contribution >= 0.6 is 0 Å². The second-order valence-electron chi connectivity index (χ2n) is 7.94. The molecule has 1 aromatic heterocycles. The summed E-state index contributed by atoms with van der Waals surface area (Å²) in [5.41, 5.74) is 4.02. The van der Waals surface area contributed by atoms with Crippen LogP contribution in [0.3, 0.4) is 0 Å². The molecular formula is C27H27FN2O3. The lowest BCUT2D eigenvalue weighted by atomic mass is 10.0. The maximum Gasteiger partial charge on any atom is 0.251 e. The SMILES string of the molecule is CCn1cc(C[C@H](CO)NC(=O)c2cccc(-c3ccc(OC)c(F)c3)c2)c2ccccc21. The molecule has 0 radical (unpaired) electrons. The third-order valence-electron chi connectivity index (χ3n) is 5.84. The van der Waals surface area contributed by atoms with E-state index in [2.05, 4.69) is 35.1 Å². The van der Waals surface area contributed by atoms with E-state index in [1.165, 1.54) is 13.2 Å². The van der Waals surface area contributed by atoms with Gasteiger partial charge in [-0.3, -0.25) is 4.79 Å². The first-order valence-electron chi connectivity index (χ1n) is 11.0. The van der Waals surface area contributed by atoms with Gasteiger partial charge in [-0.05, 0) is 60.4 Å². The second-order valence-corrected chi connectivity index (χ2v) is 7.94. The number of fused-ring (bicyclic) bond motifs is 1. The van der Waals surface area contributed by atoms with Crippen LogP contribution in [0, 0.1) is 5.82 Å². The van der Waals surface area contributed by atoms with Gasteiger partial charge in [-0.2, -0.15) is 0 Å². The van der Waals surface area contributed by atoms with Gasteiger partial charge in [0.15, 0.2) is 11.6 Å². The van der Waals surface area contributed by atoms with Crippen molar-refractivity contribution in [3.63, 3.8) is 0 Å². The fraction of sp³-hybridized carbons (Fsp3) is 0.222. The lowest BCUT2D eigenvalue weighted by Crippen LogP contribution is -2.39. The van der Waals surface area contributed by atoms with Crippen molar-refractivity contribution in [2.45, 2.75) is 25.9 Å². The van der Waals surface area contributed by atoms with Crippen molar-refractivity contribution in [2.24, 2.45) is 0 Å². The van der Waals surface area contributed by atoms with Crippen molar-refractivity contribution in [3.8, 4) is 16.9 Å². The van der Waals surface area contributed by atoms with Gasteiger partial charge in [0, 0.05) is 29.2 Å². The minimum Gasteiger partial charge on any atom is -0.494 e. The number of benzene rings is 3. The van der Waals surface area contributed by atoms with Crippen molar-refractivity contribution in [3.05, 3.63) is 89.9 Å². The van der Waals surface area contributed by atoms with Gasteiger partial charge in [-0.1, -0.05) is 36.4 Å². The Morgan fingerprint density at radius 2 is 1.88 bits per heavy atom. The fourth-order valence-electron chi connectivity index (χ4n) is 4.13. The summed E-state index contributed by atoms with van der Waals surface area (Å²) in [6.07, 6.45) is 2.59. The number of halogens is 1. The van der Waals surface area contributed by atoms with Crippen LogP contribution in [0.25, 0.3) is 22.0 Å². The lowest BCUT2D eigenvalue weighted by molar-refractivity contribution is 0.0916. The van der Waals surface area contributed by atoms with Crippen LogP contribution in [-0.2, 0) is 13.0 Å². The molecule has 0 unspecified atom stereocenters. The molecule has 1 heterocycles. The third-order valence-corrected chi connectivity index (χ3v) is 5.84. The average Bonchev–Trinajstić information content (AvgIpc) is 3.21. The summed E-state index contributed by atoms with van der Waals surface area (Å²) in [5, 5.41) is 14.0. The van der Waals surface area contributed by atoms with E-state index in [1.54, 1.807) is 30.3 Å². The monoisotopic (exact) mass is 446 g/mol. The van der Waals surface area contributed by atoms with Crippen LogP contribution in [0.1, 0.15) is 22.8 Å². The molecule has 6 heteroatoms. The Morgan fingerprint density at radius 1 is 1.09 bits per heavy atom. The number of aryl methyl sites for hydroxylation is 1. The van der Waals surface area contributed by atoms with Gasteiger partial charge < -0.3 is 19.7 Å². The minimum atomic E-state index is -0.462. The highest BCUT2D eigenvalue weighted by Crippen LogP contribution is 2.26. The van der Waals surface area contributed by atoms with Crippen LogP contribution in [0.2, 0.25) is 0 Å². The highest BCUT2D eigenvalue weighted by atomic mass is 19.1. The number of amides is 1. The largest absolute Gasteiger partial charge is 0.494 e. The van der Waals surface area contributed by atoms with Gasteiger partial charge in [-0.15, -0.1) is 0 Å². The molecule has 4 rings (SSSR count). The zero-order chi connectivity index (χ0) is 23.4. The standard InChI is InChI=1S/C27H27FN2O3/c1-3-30-16-21(23-9-4-5-10-25(23)30)14-22(17-31)29-27(32)20-8-6-7-18(13-20)19-11-12-26(33-2)24(28)15-19/h4-13,15-16,22,31H,3,14,17H2,1-2H3,(H,29,32)/t22-/m1/s1. The average molecular weight is 447 g/mol. The van der Waals surface area contributed by atoms with Gasteiger partial charge in [-0.25, -0.2) is 4.39 Å². The first kappa shape index (κ1) is 22.6. The molecule has 0 saturated carbocycles. The topological polar surface area (TPSA) is 63.5 Å². The number of aliphatic hydroxyl groups excluding tert-OH is 1. The number of ether oxygens (including phenoxy) is 1. The molecule has 3 aromatic carbocycles. The van der Waals surface area contributed by atoms with Crippen LogP contribution in [0.4, 0.5) is 4.39 Å². The molecule has 0 spiro atoms. The molecule has 0 fully saturated rings. The normalized spacial score (nSPS) is 12.0. The number of para-hydroxylation sites is 1. The van der Waals surface area contributed by atoms with E-state index in [0.29, 0.717) is 17.5 Å². The Bertz CT molecular complexity index is 1280. The summed E-state index contributed by atoms with van der Waals surface area (Å²) < 4.78 is 21.3. The van der Waals surface area contributed by atoms with Crippen LogP contribution in [0.15, 0.2) is 72.9 Å². The molecule has 170 valence electrons. The summed E-state index contributed by atoms with van der Waals surface area (Å²) in [4.78, 5) is 13.0. The van der Waals surface area contributed by atoms with E-state index in [1.807, 2.05) is 18.2 Å². The number of carbonyl (C=O) groups is 1. The number of aromatic nitrogens is 1. The van der Waals surface area contributed by atoms with Crippen molar-refractivity contribution in [1.29, 1.82) is 0 Å². The van der Waals surface area contributed by atoms with Crippen molar-refractivity contribution in [2.75, 3.05) is 13.7 Å². The summed E-state index contributed by atoms with van der Waals surface area (Å²) in [6, 6.07) is 19.4. The van der Waals surface area contributed by atoms with E-state index < -0.39 is 11.9 Å². The zero-order valence-corrected chi connectivity index (χ0v) is 18.7. The molecule has 0 aliphatic rings. The van der Waals surface area contributed by atoms with E-state index in [9.17, 15) is 14.3 Å². The first-order valence-corrected chi connectivity index (χ1v) is 11.0. The molecule has 5 nitrogen and oxygen atoms in total. The Labute approximate surface area is 192 Å². The minimum absolute atomic E-state index is 0.169. The lowest BCUT2D eigenvalue weighted by Gasteiger charge is -2.16. The van der Waals surface area contributed by atoms with Crippen molar-refractivity contribution in [1.82, 2.24) is 9.88 Å². The quantitative estimate of drug-likeness (QED) is 0.408. The van der Waals surface area contributed by atoms with Crippen LogP contribution in [0.5, 0.6) is 5.75 Å². The Hall–Kier alpha value is -3.64. The summed E-state index contributed by atoms with van der Waals surface area (Å²) in [7, 11) is 1.42. The Balaban J connectivity index is 1.53. The number of nitrogens with zero attached hydrogens (tertiary/aromatic N) is 1. The predicted octanol–water partition coefficient (Wildman–Crippen LogP) is 4.81.